The van der Waals surface area contributed by atoms with Gasteiger partial charge < -0.3 is 9.80 Å². The fraction of sp³-hybridized carbons (Fsp3) is 0.0732. The van der Waals surface area contributed by atoms with Crippen molar-refractivity contribution in [3.05, 3.63) is 370 Å². The predicted octanol–water partition coefficient (Wildman–Crippen LogP) is 21.5. The van der Waals surface area contributed by atoms with Crippen molar-refractivity contribution >= 4 is 46.3 Å². The van der Waals surface area contributed by atoms with Gasteiger partial charge in [0.25, 0.3) is 0 Å². The molecule has 0 fully saturated rings. The summed E-state index contributed by atoms with van der Waals surface area (Å²) in [5.41, 5.74) is 30.1. The van der Waals surface area contributed by atoms with Crippen LogP contribution in [0.25, 0.3) is 45.5 Å². The standard InChI is InChI=1S/C82H64N2/c1-7-59-31-39-63(40-32-59)81(77-51-55(3)27-29-57(77)5)75-25-17-15-23-71(75)73-49-47-69(53-79(73)81)83(65-19-11-9-12-20-65)67-43-35-61(36-44-67)62-37-45-68(46-38-62)84(66-21-13-10-14-22-66)70-48-50-74-72-24-16-18-26-76(72)82(80(74)54-70,64-41-33-60(8-2)34-42-64)78-52-56(4)28-30-58(78)6/h7-54H,1-2H2,3-6H3. The largest absolute Gasteiger partial charge is 0.310 e. The molecule has 2 atom stereocenters. The number of anilines is 6. The molecule has 0 bridgehead atoms. The average molecular weight is 1080 g/mol. The highest BCUT2D eigenvalue weighted by Gasteiger charge is 2.49. The number of hydrogen-bond acceptors (Lipinski definition) is 2. The minimum Gasteiger partial charge on any atom is -0.310 e. The van der Waals surface area contributed by atoms with Crippen molar-refractivity contribution in [2.75, 3.05) is 9.80 Å². The predicted molar refractivity (Wildman–Crippen MR) is 355 cm³/mol. The molecule has 0 spiro atoms. The Morgan fingerprint density at radius 1 is 0.274 bits per heavy atom. The summed E-state index contributed by atoms with van der Waals surface area (Å²) in [5, 5.41) is 0. The Hall–Kier alpha value is -10.3. The molecule has 0 N–H and O–H groups in total. The van der Waals surface area contributed by atoms with E-state index in [1.54, 1.807) is 0 Å². The lowest BCUT2D eigenvalue weighted by Gasteiger charge is -2.36. The van der Waals surface area contributed by atoms with Crippen molar-refractivity contribution in [3.8, 4) is 33.4 Å². The van der Waals surface area contributed by atoms with E-state index in [2.05, 4.69) is 330 Å². The third-order valence-electron chi connectivity index (χ3n) is 17.9. The highest BCUT2D eigenvalue weighted by atomic mass is 15.1. The molecule has 2 heteroatoms. The molecule has 12 aromatic rings. The van der Waals surface area contributed by atoms with Crippen molar-refractivity contribution < 1.29 is 0 Å². The van der Waals surface area contributed by atoms with Gasteiger partial charge in [-0.2, -0.15) is 0 Å². The Bertz CT molecular complexity index is 4190. The molecule has 0 aromatic heterocycles. The van der Waals surface area contributed by atoms with Gasteiger partial charge in [0.05, 0.1) is 10.8 Å². The molecule has 0 aliphatic heterocycles. The zero-order valence-corrected chi connectivity index (χ0v) is 48.0. The molecule has 12 aromatic carbocycles. The molecule has 2 aliphatic rings. The molecule has 2 unspecified atom stereocenters. The van der Waals surface area contributed by atoms with E-state index in [0.717, 1.165) is 56.4 Å². The maximum absolute atomic E-state index is 4.10. The molecule has 84 heavy (non-hydrogen) atoms. The van der Waals surface area contributed by atoms with Crippen LogP contribution in [0, 0.1) is 27.7 Å². The summed E-state index contributed by atoms with van der Waals surface area (Å²) in [4.78, 5) is 4.81. The van der Waals surface area contributed by atoms with Crippen molar-refractivity contribution in [2.45, 2.75) is 38.5 Å². The van der Waals surface area contributed by atoms with Crippen LogP contribution < -0.4 is 9.80 Å². The highest BCUT2D eigenvalue weighted by molar-refractivity contribution is 5.92. The second-order valence-electron chi connectivity index (χ2n) is 22.8. The SMILES string of the molecule is C=Cc1ccc(C2(c3cc(C)ccc3C)c3ccccc3-c3ccc(N(c4ccccc4)c4ccc(-c5ccc(N(c6ccccc6)c6ccc7c(c6)C(c6ccc(C=C)cc6)(c6cc(C)ccc6C)c6ccccc6-7)cc5)cc4)cc32)cc1. The van der Waals surface area contributed by atoms with Gasteiger partial charge in [0.15, 0.2) is 0 Å². The minimum atomic E-state index is -0.567. The summed E-state index contributed by atoms with van der Waals surface area (Å²) >= 11 is 0. The number of rotatable bonds is 13. The number of hydrogen-bond donors (Lipinski definition) is 0. The summed E-state index contributed by atoms with van der Waals surface area (Å²) in [7, 11) is 0. The van der Waals surface area contributed by atoms with Crippen LogP contribution in [-0.2, 0) is 10.8 Å². The normalized spacial score (nSPS) is 15.3. The van der Waals surface area contributed by atoms with Crippen LogP contribution in [0.15, 0.2) is 292 Å². The van der Waals surface area contributed by atoms with E-state index in [-0.39, 0.29) is 0 Å². The van der Waals surface area contributed by atoms with Crippen molar-refractivity contribution in [1.29, 1.82) is 0 Å². The van der Waals surface area contributed by atoms with Gasteiger partial charge in [0, 0.05) is 34.1 Å². The van der Waals surface area contributed by atoms with Crippen molar-refractivity contribution in [1.82, 2.24) is 0 Å². The molecule has 402 valence electrons. The first-order chi connectivity index (χ1) is 41.2. The van der Waals surface area contributed by atoms with Gasteiger partial charge in [-0.1, -0.05) is 243 Å². The maximum atomic E-state index is 4.10. The number of aryl methyl sites for hydroxylation is 4. The second kappa shape index (κ2) is 20.9. The van der Waals surface area contributed by atoms with E-state index < -0.39 is 10.8 Å². The first kappa shape index (κ1) is 51.8. The molecular weight excluding hydrogens is 1010 g/mol. The molecule has 2 aliphatic carbocycles. The zero-order valence-electron chi connectivity index (χ0n) is 48.0. The van der Waals surface area contributed by atoms with Gasteiger partial charge in [-0.15, -0.1) is 0 Å². The molecule has 0 saturated heterocycles. The van der Waals surface area contributed by atoms with Crippen LogP contribution in [0.2, 0.25) is 0 Å². The minimum absolute atomic E-state index is 0.567. The lowest BCUT2D eigenvalue weighted by molar-refractivity contribution is 0.759. The summed E-state index contributed by atoms with van der Waals surface area (Å²) in [6.45, 7) is 17.2. The van der Waals surface area contributed by atoms with E-state index in [1.807, 2.05) is 12.2 Å². The maximum Gasteiger partial charge on any atom is 0.0716 e. The fourth-order valence-electron chi connectivity index (χ4n) is 14.0. The van der Waals surface area contributed by atoms with E-state index in [1.165, 1.54) is 89.0 Å². The molecule has 0 heterocycles. The van der Waals surface area contributed by atoms with Gasteiger partial charge >= 0.3 is 0 Å². The van der Waals surface area contributed by atoms with Crippen LogP contribution in [0.5, 0.6) is 0 Å². The number of nitrogens with zero attached hydrogens (tertiary/aromatic N) is 2. The lowest BCUT2D eigenvalue weighted by atomic mass is 9.66. The number of fused-ring (bicyclic) bond motifs is 6. The van der Waals surface area contributed by atoms with E-state index in [4.69, 9.17) is 0 Å². The van der Waals surface area contributed by atoms with Gasteiger partial charge in [0.2, 0.25) is 0 Å². The Kier molecular flexibility index (Phi) is 12.9. The molecular formula is C82H64N2. The molecule has 14 rings (SSSR count). The quantitative estimate of drug-likeness (QED) is 0.114. The van der Waals surface area contributed by atoms with Crippen LogP contribution >= 0.6 is 0 Å². The van der Waals surface area contributed by atoms with Gasteiger partial charge in [-0.25, -0.2) is 0 Å². The Morgan fingerprint density at radius 2 is 0.607 bits per heavy atom. The van der Waals surface area contributed by atoms with Crippen LogP contribution in [0.3, 0.4) is 0 Å². The lowest BCUT2D eigenvalue weighted by Crippen LogP contribution is -2.30. The Balaban J connectivity index is 0.859. The van der Waals surface area contributed by atoms with Gasteiger partial charge in [-0.05, 0) is 201 Å². The molecule has 0 amide bonds. The second-order valence-corrected chi connectivity index (χ2v) is 22.8. The summed E-state index contributed by atoms with van der Waals surface area (Å²) in [6, 6.07) is 104. The molecule has 0 saturated carbocycles. The van der Waals surface area contributed by atoms with E-state index >= 15 is 0 Å². The van der Waals surface area contributed by atoms with Crippen LogP contribution in [0.1, 0.15) is 77.9 Å². The third kappa shape index (κ3) is 8.31. The van der Waals surface area contributed by atoms with Crippen LogP contribution in [0.4, 0.5) is 34.1 Å². The van der Waals surface area contributed by atoms with E-state index in [0.29, 0.717) is 0 Å². The zero-order chi connectivity index (χ0) is 57.1. The first-order valence-electron chi connectivity index (χ1n) is 29.2. The Morgan fingerprint density at radius 3 is 0.988 bits per heavy atom. The van der Waals surface area contributed by atoms with Crippen molar-refractivity contribution in [2.24, 2.45) is 0 Å². The van der Waals surface area contributed by atoms with Gasteiger partial charge in [-0.3, -0.25) is 0 Å². The van der Waals surface area contributed by atoms with Gasteiger partial charge in [0.1, 0.15) is 0 Å². The third-order valence-corrected chi connectivity index (χ3v) is 17.9. The number of benzene rings is 12. The first-order valence-corrected chi connectivity index (χ1v) is 29.2. The highest BCUT2D eigenvalue weighted by Crippen LogP contribution is 2.60. The number of para-hydroxylation sites is 2. The average Bonchev–Trinajstić information content (AvgIpc) is 1.70. The summed E-state index contributed by atoms with van der Waals surface area (Å²) in [5.74, 6) is 0. The monoisotopic (exact) mass is 1080 g/mol. The molecule has 0 radical (unpaired) electrons. The smallest absolute Gasteiger partial charge is 0.0716 e. The Labute approximate surface area is 495 Å². The van der Waals surface area contributed by atoms with Crippen molar-refractivity contribution in [3.63, 3.8) is 0 Å². The summed E-state index contributed by atoms with van der Waals surface area (Å²) < 4.78 is 0. The van der Waals surface area contributed by atoms with Crippen LogP contribution in [-0.4, -0.2) is 0 Å². The summed E-state index contributed by atoms with van der Waals surface area (Å²) in [6.07, 6.45) is 3.86. The molecule has 2 nitrogen and oxygen atoms in total. The fourth-order valence-corrected chi connectivity index (χ4v) is 14.0. The topological polar surface area (TPSA) is 6.48 Å². The van der Waals surface area contributed by atoms with E-state index in [9.17, 15) is 0 Å².